The van der Waals surface area contributed by atoms with Crippen molar-refractivity contribution in [2.75, 3.05) is 5.73 Å². The second kappa shape index (κ2) is 4.69. The summed E-state index contributed by atoms with van der Waals surface area (Å²) in [4.78, 5) is 4.30. The Hall–Kier alpha value is -1.83. The van der Waals surface area contributed by atoms with Gasteiger partial charge in [-0.3, -0.25) is 0 Å². The molecule has 0 atom stereocenters. The molecule has 0 fully saturated rings. The van der Waals surface area contributed by atoms with Crippen molar-refractivity contribution in [3.05, 3.63) is 45.6 Å². The van der Waals surface area contributed by atoms with Crippen LogP contribution >= 0.6 is 0 Å². The third kappa shape index (κ3) is 2.12. The van der Waals surface area contributed by atoms with Gasteiger partial charge >= 0.3 is 0 Å². The van der Waals surface area contributed by atoms with Crippen molar-refractivity contribution in [1.82, 2.24) is 4.98 Å². The number of benzene rings is 1. The first-order valence-electron chi connectivity index (χ1n) is 6.64. The van der Waals surface area contributed by atoms with Crippen molar-refractivity contribution in [3.63, 3.8) is 0 Å². The van der Waals surface area contributed by atoms with Gasteiger partial charge in [0.15, 0.2) is 0 Å². The fraction of sp³-hybridized carbons (Fsp3) is 0.353. The lowest BCUT2D eigenvalue weighted by atomic mass is 9.86. The smallest absolute Gasteiger partial charge is 0.126 e. The highest BCUT2D eigenvalue weighted by Gasteiger charge is 2.14. The molecular formula is C17H22N2. The number of aryl methyl sites for hydroxylation is 1. The zero-order chi connectivity index (χ0) is 14.3. The summed E-state index contributed by atoms with van der Waals surface area (Å²) < 4.78 is 0. The third-order valence-electron chi connectivity index (χ3n) is 4.41. The first-order valence-corrected chi connectivity index (χ1v) is 6.64. The number of hydrogen-bond acceptors (Lipinski definition) is 2. The van der Waals surface area contributed by atoms with Gasteiger partial charge in [-0.25, -0.2) is 4.98 Å². The Morgan fingerprint density at radius 3 is 1.74 bits per heavy atom. The summed E-state index contributed by atoms with van der Waals surface area (Å²) in [6, 6.07) is 2.13. The Balaban J connectivity index is 2.79. The Labute approximate surface area is 115 Å². The van der Waals surface area contributed by atoms with Crippen LogP contribution in [0.15, 0.2) is 12.3 Å². The molecule has 0 aliphatic carbocycles. The summed E-state index contributed by atoms with van der Waals surface area (Å²) in [6.45, 7) is 13.0. The maximum absolute atomic E-state index is 5.82. The van der Waals surface area contributed by atoms with Crippen molar-refractivity contribution in [2.45, 2.75) is 41.5 Å². The highest BCUT2D eigenvalue weighted by Crippen LogP contribution is 2.34. The van der Waals surface area contributed by atoms with Crippen LogP contribution in [0, 0.1) is 41.5 Å². The zero-order valence-corrected chi connectivity index (χ0v) is 12.7. The van der Waals surface area contributed by atoms with Crippen LogP contribution in [-0.4, -0.2) is 4.98 Å². The molecule has 0 saturated heterocycles. The summed E-state index contributed by atoms with van der Waals surface area (Å²) in [7, 11) is 0. The fourth-order valence-corrected chi connectivity index (χ4v) is 2.66. The molecule has 0 aliphatic heterocycles. The maximum Gasteiger partial charge on any atom is 0.126 e. The van der Waals surface area contributed by atoms with E-state index in [0.717, 1.165) is 11.1 Å². The molecule has 19 heavy (non-hydrogen) atoms. The summed E-state index contributed by atoms with van der Waals surface area (Å²) >= 11 is 0. The van der Waals surface area contributed by atoms with Crippen molar-refractivity contribution in [3.8, 4) is 11.1 Å². The number of anilines is 1. The molecule has 0 spiro atoms. The standard InChI is InChI=1S/C17H22N2/c1-9-7-15(8-19-17(9)18)16-13(5)11(3)10(2)12(4)14(16)6/h7-8H,1-6H3,(H2,18,19). The lowest BCUT2D eigenvalue weighted by Gasteiger charge is -2.19. The Kier molecular flexibility index (Phi) is 3.36. The van der Waals surface area contributed by atoms with Gasteiger partial charge in [0.25, 0.3) is 0 Å². The SMILES string of the molecule is Cc1cc(-c2c(C)c(C)c(C)c(C)c2C)cnc1N. The predicted octanol–water partition coefficient (Wildman–Crippen LogP) is 4.18. The quantitative estimate of drug-likeness (QED) is 0.829. The zero-order valence-electron chi connectivity index (χ0n) is 12.7. The van der Waals surface area contributed by atoms with Crippen LogP contribution in [0.2, 0.25) is 0 Å². The highest BCUT2D eigenvalue weighted by molar-refractivity contribution is 5.75. The van der Waals surface area contributed by atoms with E-state index >= 15 is 0 Å². The molecule has 0 amide bonds. The number of pyridine rings is 1. The third-order valence-corrected chi connectivity index (χ3v) is 4.41. The fourth-order valence-electron chi connectivity index (χ4n) is 2.66. The molecule has 1 aromatic heterocycles. The maximum atomic E-state index is 5.82. The van der Waals surface area contributed by atoms with E-state index in [9.17, 15) is 0 Å². The molecule has 1 aromatic carbocycles. The van der Waals surface area contributed by atoms with Crippen LogP contribution in [0.1, 0.15) is 33.4 Å². The molecule has 2 nitrogen and oxygen atoms in total. The average Bonchev–Trinajstić information content (AvgIpc) is 2.38. The van der Waals surface area contributed by atoms with E-state index in [2.05, 4.69) is 45.7 Å². The van der Waals surface area contributed by atoms with E-state index in [-0.39, 0.29) is 0 Å². The molecule has 1 heterocycles. The van der Waals surface area contributed by atoms with Gasteiger partial charge in [0.1, 0.15) is 5.82 Å². The Morgan fingerprint density at radius 1 is 0.789 bits per heavy atom. The molecule has 2 rings (SSSR count). The van der Waals surface area contributed by atoms with E-state index in [0.29, 0.717) is 5.82 Å². The molecule has 2 N–H and O–H groups in total. The molecule has 0 radical (unpaired) electrons. The van der Waals surface area contributed by atoms with Crippen LogP contribution in [0.3, 0.4) is 0 Å². The van der Waals surface area contributed by atoms with Gasteiger partial charge < -0.3 is 5.73 Å². The number of rotatable bonds is 1. The van der Waals surface area contributed by atoms with Gasteiger partial charge in [-0.15, -0.1) is 0 Å². The number of nitrogen functional groups attached to an aromatic ring is 1. The minimum Gasteiger partial charge on any atom is -0.383 e. The summed E-state index contributed by atoms with van der Waals surface area (Å²) in [6.07, 6.45) is 1.88. The van der Waals surface area contributed by atoms with Crippen molar-refractivity contribution < 1.29 is 0 Å². The number of nitrogens with zero attached hydrogens (tertiary/aromatic N) is 1. The Morgan fingerprint density at radius 2 is 1.26 bits per heavy atom. The topological polar surface area (TPSA) is 38.9 Å². The molecule has 0 saturated carbocycles. The van der Waals surface area contributed by atoms with Gasteiger partial charge in [0.2, 0.25) is 0 Å². The largest absolute Gasteiger partial charge is 0.383 e. The Bertz CT molecular complexity index is 626. The van der Waals surface area contributed by atoms with Gasteiger partial charge in [0.05, 0.1) is 0 Å². The van der Waals surface area contributed by atoms with E-state index < -0.39 is 0 Å². The second-order valence-corrected chi connectivity index (χ2v) is 5.43. The van der Waals surface area contributed by atoms with Crippen LogP contribution in [0.4, 0.5) is 5.82 Å². The minimum atomic E-state index is 0.611. The monoisotopic (exact) mass is 254 g/mol. The predicted molar refractivity (Wildman–Crippen MR) is 82.5 cm³/mol. The van der Waals surface area contributed by atoms with Crippen LogP contribution in [-0.2, 0) is 0 Å². The molecule has 2 aromatic rings. The summed E-state index contributed by atoms with van der Waals surface area (Å²) in [5, 5.41) is 0. The molecule has 2 heteroatoms. The number of nitrogens with two attached hydrogens (primary N) is 1. The average molecular weight is 254 g/mol. The van der Waals surface area contributed by atoms with Crippen molar-refractivity contribution >= 4 is 5.82 Å². The van der Waals surface area contributed by atoms with E-state index in [1.165, 1.54) is 33.4 Å². The lowest BCUT2D eigenvalue weighted by molar-refractivity contribution is 1.17. The second-order valence-electron chi connectivity index (χ2n) is 5.43. The summed E-state index contributed by atoms with van der Waals surface area (Å²) in [5.41, 5.74) is 16.1. The van der Waals surface area contributed by atoms with Gasteiger partial charge in [0, 0.05) is 11.8 Å². The normalized spacial score (nSPS) is 10.8. The van der Waals surface area contributed by atoms with Crippen LogP contribution in [0.5, 0.6) is 0 Å². The van der Waals surface area contributed by atoms with Crippen LogP contribution in [0.25, 0.3) is 11.1 Å². The highest BCUT2D eigenvalue weighted by atomic mass is 14.8. The van der Waals surface area contributed by atoms with E-state index in [1.807, 2.05) is 13.1 Å². The van der Waals surface area contributed by atoms with E-state index in [4.69, 9.17) is 5.73 Å². The van der Waals surface area contributed by atoms with Gasteiger partial charge in [-0.1, -0.05) is 0 Å². The molecule has 0 unspecified atom stereocenters. The van der Waals surface area contributed by atoms with E-state index in [1.54, 1.807) is 0 Å². The van der Waals surface area contributed by atoms with Crippen LogP contribution < -0.4 is 5.73 Å². The molecular weight excluding hydrogens is 232 g/mol. The van der Waals surface area contributed by atoms with Crippen molar-refractivity contribution in [1.29, 1.82) is 0 Å². The lowest BCUT2D eigenvalue weighted by Crippen LogP contribution is -2.01. The first kappa shape index (κ1) is 13.6. The van der Waals surface area contributed by atoms with Gasteiger partial charge in [-0.05, 0) is 86.6 Å². The molecule has 0 aliphatic rings. The van der Waals surface area contributed by atoms with Crippen molar-refractivity contribution in [2.24, 2.45) is 0 Å². The summed E-state index contributed by atoms with van der Waals surface area (Å²) in [5.74, 6) is 0.611. The minimum absolute atomic E-state index is 0.611. The number of hydrogen-bond donors (Lipinski definition) is 1. The first-order chi connectivity index (χ1) is 8.84. The molecule has 100 valence electrons. The molecule has 0 bridgehead atoms. The number of aromatic nitrogens is 1. The van der Waals surface area contributed by atoms with Gasteiger partial charge in [-0.2, -0.15) is 0 Å².